The van der Waals surface area contributed by atoms with E-state index in [1.165, 1.54) is 11.8 Å². The van der Waals surface area contributed by atoms with Crippen LogP contribution in [-0.2, 0) is 23.9 Å². The summed E-state index contributed by atoms with van der Waals surface area (Å²) in [5, 5.41) is 0. The van der Waals surface area contributed by atoms with E-state index < -0.39 is 23.6 Å². The Bertz CT molecular complexity index is 259. The van der Waals surface area contributed by atoms with Crippen molar-refractivity contribution in [3.63, 3.8) is 0 Å². The maximum atomic E-state index is 11.7. The van der Waals surface area contributed by atoms with Crippen molar-refractivity contribution in [1.29, 1.82) is 0 Å². The van der Waals surface area contributed by atoms with E-state index in [1.54, 1.807) is 13.8 Å². The van der Waals surface area contributed by atoms with Gasteiger partial charge in [-0.2, -0.15) is 11.8 Å². The number of hydrogen-bond acceptors (Lipinski definition) is 6. The monoisotopic (exact) mass is 262 g/mol. The van der Waals surface area contributed by atoms with Gasteiger partial charge in [0.2, 0.25) is 5.92 Å². The largest absolute Gasteiger partial charge is 0.465 e. The molecule has 6 heteroatoms. The number of ketones is 1. The number of carbonyl (C=O) groups excluding carboxylic acids is 3. The fourth-order valence-corrected chi connectivity index (χ4v) is 1.67. The van der Waals surface area contributed by atoms with Crippen molar-refractivity contribution in [3.8, 4) is 0 Å². The van der Waals surface area contributed by atoms with Gasteiger partial charge in [0.05, 0.1) is 19.0 Å². The number of carbonyl (C=O) groups is 3. The molecular weight excluding hydrogens is 244 g/mol. The molecule has 0 aromatic rings. The highest BCUT2D eigenvalue weighted by molar-refractivity contribution is 7.99. The van der Waals surface area contributed by atoms with Crippen LogP contribution in [0, 0.1) is 5.92 Å². The lowest BCUT2D eigenvalue weighted by molar-refractivity contribution is -0.163. The maximum Gasteiger partial charge on any atom is 0.328 e. The first-order valence-corrected chi connectivity index (χ1v) is 6.67. The van der Waals surface area contributed by atoms with Gasteiger partial charge in [-0.05, 0) is 19.6 Å². The van der Waals surface area contributed by atoms with Gasteiger partial charge in [0.15, 0.2) is 5.78 Å². The first-order chi connectivity index (χ1) is 8.08. The molecule has 5 nitrogen and oxygen atoms in total. The normalized spacial score (nSPS) is 10.1. The highest BCUT2D eigenvalue weighted by Crippen LogP contribution is 2.10. The lowest BCUT2D eigenvalue weighted by atomic mass is 10.1. The van der Waals surface area contributed by atoms with Crippen molar-refractivity contribution in [3.05, 3.63) is 0 Å². The molecule has 0 rings (SSSR count). The molecule has 98 valence electrons. The Morgan fingerprint density at radius 1 is 1.00 bits per heavy atom. The number of esters is 2. The summed E-state index contributed by atoms with van der Waals surface area (Å²) in [5.74, 6) is -2.70. The van der Waals surface area contributed by atoms with E-state index in [2.05, 4.69) is 0 Å². The molecule has 0 spiro atoms. The molecule has 0 unspecified atom stereocenters. The van der Waals surface area contributed by atoms with Crippen molar-refractivity contribution < 1.29 is 23.9 Å². The highest BCUT2D eigenvalue weighted by atomic mass is 32.2. The van der Waals surface area contributed by atoms with Crippen LogP contribution in [0.25, 0.3) is 0 Å². The van der Waals surface area contributed by atoms with E-state index in [0.717, 1.165) is 5.75 Å². The van der Waals surface area contributed by atoms with Crippen LogP contribution in [0.5, 0.6) is 0 Å². The fourth-order valence-electron chi connectivity index (χ4n) is 1.10. The van der Waals surface area contributed by atoms with Crippen LogP contribution in [-0.4, -0.2) is 42.4 Å². The Morgan fingerprint density at radius 2 is 1.47 bits per heavy atom. The molecule has 0 heterocycles. The first kappa shape index (κ1) is 16.0. The summed E-state index contributed by atoms with van der Waals surface area (Å²) >= 11 is 1.35. The van der Waals surface area contributed by atoms with E-state index in [0.29, 0.717) is 0 Å². The van der Waals surface area contributed by atoms with Crippen molar-refractivity contribution >= 4 is 29.5 Å². The quantitative estimate of drug-likeness (QED) is 0.481. The molecule has 0 aliphatic rings. The zero-order valence-electron chi connectivity index (χ0n) is 10.4. The van der Waals surface area contributed by atoms with E-state index >= 15 is 0 Å². The third kappa shape index (κ3) is 5.72. The Hall–Kier alpha value is -1.04. The molecule has 0 aromatic heterocycles. The summed E-state index contributed by atoms with van der Waals surface area (Å²) in [6.45, 7) is 5.38. The summed E-state index contributed by atoms with van der Waals surface area (Å²) in [7, 11) is 0. The second kappa shape index (κ2) is 9.04. The molecule has 0 saturated carbocycles. The highest BCUT2D eigenvalue weighted by Gasteiger charge is 2.36. The second-order valence-corrected chi connectivity index (χ2v) is 4.31. The number of thioether (sulfide) groups is 1. The van der Waals surface area contributed by atoms with Gasteiger partial charge in [0, 0.05) is 0 Å². The minimum absolute atomic E-state index is 0.110. The van der Waals surface area contributed by atoms with Crippen molar-refractivity contribution in [2.45, 2.75) is 20.8 Å². The number of rotatable bonds is 8. The summed E-state index contributed by atoms with van der Waals surface area (Å²) < 4.78 is 9.41. The summed E-state index contributed by atoms with van der Waals surface area (Å²) in [4.78, 5) is 34.7. The molecule has 0 aliphatic carbocycles. The molecule has 0 aromatic carbocycles. The van der Waals surface area contributed by atoms with Gasteiger partial charge >= 0.3 is 11.9 Å². The number of ether oxygens (including phenoxy) is 2. The second-order valence-electron chi connectivity index (χ2n) is 3.04. The zero-order valence-corrected chi connectivity index (χ0v) is 11.2. The molecule has 0 radical (unpaired) electrons. The third-order valence-electron chi connectivity index (χ3n) is 1.82. The van der Waals surface area contributed by atoms with Crippen LogP contribution >= 0.6 is 11.8 Å². The molecule has 0 aliphatic heterocycles. The van der Waals surface area contributed by atoms with Gasteiger partial charge in [0.1, 0.15) is 0 Å². The van der Waals surface area contributed by atoms with Crippen LogP contribution in [0.15, 0.2) is 0 Å². The maximum absolute atomic E-state index is 11.7. The van der Waals surface area contributed by atoms with E-state index in [-0.39, 0.29) is 19.0 Å². The summed E-state index contributed by atoms with van der Waals surface area (Å²) in [6, 6.07) is 0. The van der Waals surface area contributed by atoms with Gasteiger partial charge in [0.25, 0.3) is 0 Å². The standard InChI is InChI=1S/C11H18O5S/c1-4-15-10(13)9(11(14)16-5-2)8(12)7-17-6-3/h9H,4-7H2,1-3H3. The van der Waals surface area contributed by atoms with Crippen LogP contribution in [0.4, 0.5) is 0 Å². The van der Waals surface area contributed by atoms with Crippen LogP contribution < -0.4 is 0 Å². The van der Waals surface area contributed by atoms with Crippen LogP contribution in [0.2, 0.25) is 0 Å². The van der Waals surface area contributed by atoms with Gasteiger partial charge in [-0.25, -0.2) is 0 Å². The average molecular weight is 262 g/mol. The van der Waals surface area contributed by atoms with E-state index in [1.807, 2.05) is 6.92 Å². The Kier molecular flexibility index (Phi) is 8.49. The molecule has 0 N–H and O–H groups in total. The number of Topliss-reactive ketones (excluding diaryl/α,β-unsaturated/α-hetero) is 1. The molecule has 0 fully saturated rings. The van der Waals surface area contributed by atoms with Crippen molar-refractivity contribution in [1.82, 2.24) is 0 Å². The van der Waals surface area contributed by atoms with Gasteiger partial charge < -0.3 is 9.47 Å². The van der Waals surface area contributed by atoms with Crippen LogP contribution in [0.3, 0.4) is 0 Å². The van der Waals surface area contributed by atoms with Gasteiger partial charge in [-0.15, -0.1) is 0 Å². The van der Waals surface area contributed by atoms with E-state index in [4.69, 9.17) is 9.47 Å². The molecule has 0 saturated heterocycles. The lowest BCUT2D eigenvalue weighted by Crippen LogP contribution is -2.36. The predicted octanol–water partition coefficient (Wildman–Crippen LogP) is 1.05. The Labute approximate surface area is 105 Å². The molecule has 0 atom stereocenters. The van der Waals surface area contributed by atoms with Crippen molar-refractivity contribution in [2.24, 2.45) is 5.92 Å². The smallest absolute Gasteiger partial charge is 0.328 e. The minimum Gasteiger partial charge on any atom is -0.465 e. The number of hydrogen-bond donors (Lipinski definition) is 0. The predicted molar refractivity (Wildman–Crippen MR) is 64.8 cm³/mol. The lowest BCUT2D eigenvalue weighted by Gasteiger charge is -2.12. The Morgan fingerprint density at radius 3 is 1.82 bits per heavy atom. The van der Waals surface area contributed by atoms with Crippen molar-refractivity contribution in [2.75, 3.05) is 24.7 Å². The molecule has 17 heavy (non-hydrogen) atoms. The third-order valence-corrected chi connectivity index (χ3v) is 2.71. The topological polar surface area (TPSA) is 69.7 Å². The molecule has 0 amide bonds. The van der Waals surface area contributed by atoms with Gasteiger partial charge in [-0.1, -0.05) is 6.92 Å². The zero-order chi connectivity index (χ0) is 13.3. The first-order valence-electron chi connectivity index (χ1n) is 5.52. The van der Waals surface area contributed by atoms with Crippen LogP contribution in [0.1, 0.15) is 20.8 Å². The Balaban J connectivity index is 4.65. The summed E-state index contributed by atoms with van der Waals surface area (Å²) in [6.07, 6.45) is 0. The van der Waals surface area contributed by atoms with E-state index in [9.17, 15) is 14.4 Å². The fraction of sp³-hybridized carbons (Fsp3) is 0.727. The SMILES string of the molecule is CCOC(=O)C(C(=O)CSCC)C(=O)OCC. The molecule has 0 bridgehead atoms. The summed E-state index contributed by atoms with van der Waals surface area (Å²) in [5.41, 5.74) is 0. The average Bonchev–Trinajstić information content (AvgIpc) is 2.27. The molecular formula is C11H18O5S. The van der Waals surface area contributed by atoms with Gasteiger partial charge in [-0.3, -0.25) is 14.4 Å². The minimum atomic E-state index is -1.44.